The number of amides is 2. The van der Waals surface area contributed by atoms with E-state index >= 15 is 0 Å². The van der Waals surface area contributed by atoms with E-state index in [4.69, 9.17) is 14.2 Å². The summed E-state index contributed by atoms with van der Waals surface area (Å²) in [6, 6.07) is 23.7. The third-order valence-electron chi connectivity index (χ3n) is 7.85. The molecule has 0 spiro atoms. The molecule has 2 unspecified atom stereocenters. The van der Waals surface area contributed by atoms with Crippen LogP contribution in [0, 0.1) is 0 Å². The second-order valence-corrected chi connectivity index (χ2v) is 10.8. The largest absolute Gasteiger partial charge is 0.489 e. The number of cyclic esters (lactones) is 1. The Bertz CT molecular complexity index is 1290. The first-order valence-electron chi connectivity index (χ1n) is 14.1. The first kappa shape index (κ1) is 28.6. The molecule has 2 fully saturated rings. The summed E-state index contributed by atoms with van der Waals surface area (Å²) in [5.74, 6) is 0.548. The van der Waals surface area contributed by atoms with Crippen LogP contribution in [0.25, 0.3) is 0 Å². The number of benzene rings is 3. The first-order chi connectivity index (χ1) is 20.0. The molecule has 3 aromatic rings. The van der Waals surface area contributed by atoms with Crippen molar-refractivity contribution in [2.75, 3.05) is 57.9 Å². The number of morpholine rings is 1. The summed E-state index contributed by atoms with van der Waals surface area (Å²) in [5, 5.41) is 13.0. The Morgan fingerprint density at radius 2 is 1.73 bits per heavy atom. The van der Waals surface area contributed by atoms with Crippen LogP contribution in [-0.2, 0) is 16.1 Å². The molecule has 0 aliphatic carbocycles. The number of aliphatic hydroxyl groups excluding tert-OH is 1. The molecule has 41 heavy (non-hydrogen) atoms. The zero-order valence-electron chi connectivity index (χ0n) is 23.4. The van der Waals surface area contributed by atoms with Gasteiger partial charge in [0.05, 0.1) is 33.4 Å². The van der Waals surface area contributed by atoms with Crippen molar-refractivity contribution in [1.29, 1.82) is 0 Å². The second-order valence-electron chi connectivity index (χ2n) is 10.8. The number of carbonyl (C=O) groups is 2. The van der Waals surface area contributed by atoms with Gasteiger partial charge in [0, 0.05) is 24.2 Å². The van der Waals surface area contributed by atoms with Crippen molar-refractivity contribution in [1.82, 2.24) is 5.32 Å². The van der Waals surface area contributed by atoms with Gasteiger partial charge < -0.3 is 29.1 Å². The highest BCUT2D eigenvalue weighted by Crippen LogP contribution is 2.38. The number of quaternary nitrogens is 1. The third-order valence-corrected chi connectivity index (χ3v) is 7.85. The molecule has 5 rings (SSSR count). The van der Waals surface area contributed by atoms with Gasteiger partial charge in [0.15, 0.2) is 6.10 Å². The standard InChI is InChI=1S/C32H37N3O6/c1-35(18-20-39-21-19-35)17-5-16-33-31(37)26-8-12-27(13-9-26)34-30(29(22-36)41-32(34)38)25-10-14-28(15-11-25)40-23-24-6-3-2-4-7-24/h2-4,6-15,29-30,36H,5,16-23H2,1H3/p+1. The van der Waals surface area contributed by atoms with E-state index in [1.54, 1.807) is 24.3 Å². The van der Waals surface area contributed by atoms with Crippen molar-refractivity contribution in [3.8, 4) is 5.75 Å². The van der Waals surface area contributed by atoms with Gasteiger partial charge in [0.1, 0.15) is 31.5 Å². The summed E-state index contributed by atoms with van der Waals surface area (Å²) in [6.07, 6.45) is -0.381. The van der Waals surface area contributed by atoms with Crippen molar-refractivity contribution in [3.05, 3.63) is 95.6 Å². The van der Waals surface area contributed by atoms with Crippen LogP contribution in [0.2, 0.25) is 0 Å². The maximum absolute atomic E-state index is 12.9. The van der Waals surface area contributed by atoms with Crippen LogP contribution >= 0.6 is 0 Å². The van der Waals surface area contributed by atoms with Gasteiger partial charge in [-0.1, -0.05) is 42.5 Å². The molecular formula is C32H38N3O6+. The Kier molecular flexibility index (Phi) is 9.18. The van der Waals surface area contributed by atoms with Gasteiger partial charge >= 0.3 is 6.09 Å². The number of ether oxygens (including phenoxy) is 3. The average Bonchev–Trinajstić information content (AvgIpc) is 3.35. The van der Waals surface area contributed by atoms with Gasteiger partial charge in [-0.3, -0.25) is 9.69 Å². The lowest BCUT2D eigenvalue weighted by molar-refractivity contribution is -0.916. The van der Waals surface area contributed by atoms with Crippen LogP contribution in [0.3, 0.4) is 0 Å². The maximum Gasteiger partial charge on any atom is 0.415 e. The number of nitrogens with zero attached hydrogens (tertiary/aromatic N) is 2. The summed E-state index contributed by atoms with van der Waals surface area (Å²) >= 11 is 0. The lowest BCUT2D eigenvalue weighted by Gasteiger charge is -2.37. The van der Waals surface area contributed by atoms with Crippen LogP contribution in [0.5, 0.6) is 5.75 Å². The molecular weight excluding hydrogens is 522 g/mol. The second kappa shape index (κ2) is 13.2. The normalized spacial score (nSPS) is 20.0. The summed E-state index contributed by atoms with van der Waals surface area (Å²) in [5.41, 5.74) is 2.98. The van der Waals surface area contributed by atoms with E-state index in [1.165, 1.54) is 4.90 Å². The quantitative estimate of drug-likeness (QED) is 0.273. The molecule has 2 aliphatic heterocycles. The molecule has 2 aliphatic rings. The lowest BCUT2D eigenvalue weighted by atomic mass is 10.00. The Labute approximate surface area is 240 Å². The fourth-order valence-corrected chi connectivity index (χ4v) is 5.35. The number of rotatable bonds is 11. The fraction of sp³-hybridized carbons (Fsp3) is 0.375. The maximum atomic E-state index is 12.9. The Morgan fingerprint density at radius 1 is 1.02 bits per heavy atom. The predicted octanol–water partition coefficient (Wildman–Crippen LogP) is 3.92. The Hall–Kier alpha value is -3.92. The topological polar surface area (TPSA) is 97.3 Å². The highest BCUT2D eigenvalue weighted by atomic mass is 16.6. The molecule has 2 heterocycles. The average molecular weight is 561 g/mol. The molecule has 0 aromatic heterocycles. The number of likely N-dealkylation sites (N-methyl/N-ethyl adjacent to an activating group) is 1. The van der Waals surface area contributed by atoms with Crippen molar-refractivity contribution in [3.63, 3.8) is 0 Å². The van der Waals surface area contributed by atoms with E-state index < -0.39 is 18.2 Å². The minimum Gasteiger partial charge on any atom is -0.489 e. The zero-order chi connectivity index (χ0) is 28.7. The number of nitrogens with one attached hydrogen (secondary N) is 1. The molecule has 3 aromatic carbocycles. The number of hydrogen-bond donors (Lipinski definition) is 2. The van der Waals surface area contributed by atoms with E-state index in [-0.39, 0.29) is 12.5 Å². The summed E-state index contributed by atoms with van der Waals surface area (Å²) in [6.45, 7) is 5.29. The molecule has 216 valence electrons. The molecule has 9 nitrogen and oxygen atoms in total. The smallest absolute Gasteiger partial charge is 0.415 e. The van der Waals surface area contributed by atoms with E-state index in [9.17, 15) is 14.7 Å². The monoisotopic (exact) mass is 560 g/mol. The van der Waals surface area contributed by atoms with Crippen molar-refractivity contribution in [2.24, 2.45) is 0 Å². The highest BCUT2D eigenvalue weighted by molar-refractivity contribution is 5.96. The van der Waals surface area contributed by atoms with Gasteiger partial charge in [0.25, 0.3) is 5.91 Å². The van der Waals surface area contributed by atoms with Crippen LogP contribution < -0.4 is 15.0 Å². The number of anilines is 1. The molecule has 2 saturated heterocycles. The summed E-state index contributed by atoms with van der Waals surface area (Å²) in [4.78, 5) is 27.2. The van der Waals surface area contributed by atoms with E-state index in [0.717, 1.165) is 54.9 Å². The summed E-state index contributed by atoms with van der Waals surface area (Å²) < 4.78 is 17.8. The van der Waals surface area contributed by atoms with E-state index in [0.29, 0.717) is 30.2 Å². The van der Waals surface area contributed by atoms with Crippen LogP contribution in [0.4, 0.5) is 10.5 Å². The van der Waals surface area contributed by atoms with Crippen LogP contribution in [0.15, 0.2) is 78.9 Å². The van der Waals surface area contributed by atoms with Gasteiger partial charge in [-0.25, -0.2) is 4.79 Å². The molecule has 2 N–H and O–H groups in total. The summed E-state index contributed by atoms with van der Waals surface area (Å²) in [7, 11) is 2.23. The van der Waals surface area contributed by atoms with Gasteiger partial charge in [-0.2, -0.15) is 0 Å². The van der Waals surface area contributed by atoms with Gasteiger partial charge in [-0.15, -0.1) is 0 Å². The zero-order valence-corrected chi connectivity index (χ0v) is 23.4. The molecule has 0 radical (unpaired) electrons. The predicted molar refractivity (Wildman–Crippen MR) is 155 cm³/mol. The molecule has 2 atom stereocenters. The SMILES string of the molecule is C[N+]1(CCCNC(=O)c2ccc(N3C(=O)OC(CO)C3c3ccc(OCc4ccccc4)cc3)cc2)CCOCC1. The van der Waals surface area contributed by atoms with Gasteiger partial charge in [0.2, 0.25) is 0 Å². The lowest BCUT2D eigenvalue weighted by Crippen LogP contribution is -2.52. The number of aliphatic hydroxyl groups is 1. The van der Waals surface area contributed by atoms with E-state index in [2.05, 4.69) is 12.4 Å². The van der Waals surface area contributed by atoms with Crippen molar-refractivity contribution < 1.29 is 33.4 Å². The van der Waals surface area contributed by atoms with Crippen molar-refractivity contribution >= 4 is 17.7 Å². The Balaban J connectivity index is 1.21. The molecule has 9 heteroatoms. The Morgan fingerprint density at radius 3 is 2.41 bits per heavy atom. The molecule has 0 bridgehead atoms. The minimum atomic E-state index is -0.724. The van der Waals surface area contributed by atoms with Gasteiger partial charge in [-0.05, 0) is 47.5 Å². The fourth-order valence-electron chi connectivity index (χ4n) is 5.35. The molecule has 0 saturated carbocycles. The van der Waals surface area contributed by atoms with Crippen molar-refractivity contribution in [2.45, 2.75) is 25.2 Å². The number of hydrogen-bond acceptors (Lipinski definition) is 6. The van der Waals surface area contributed by atoms with Crippen LogP contribution in [-0.4, -0.2) is 80.7 Å². The number of carbonyl (C=O) groups excluding carboxylic acids is 2. The highest BCUT2D eigenvalue weighted by Gasteiger charge is 2.43. The first-order valence-corrected chi connectivity index (χ1v) is 14.1. The minimum absolute atomic E-state index is 0.152. The molecule has 2 amide bonds. The van der Waals surface area contributed by atoms with E-state index in [1.807, 2.05) is 54.6 Å². The third kappa shape index (κ3) is 7.05. The van der Waals surface area contributed by atoms with Crippen LogP contribution in [0.1, 0.15) is 33.9 Å².